The van der Waals surface area contributed by atoms with Crippen LogP contribution in [0.3, 0.4) is 0 Å². The predicted octanol–water partition coefficient (Wildman–Crippen LogP) is 3.64. The van der Waals surface area contributed by atoms with Crippen LogP contribution in [0.4, 0.5) is 30.5 Å². The number of aromatic nitrogens is 3. The molecule has 1 aromatic carbocycles. The minimum Gasteiger partial charge on any atom is -0.326 e. The lowest BCUT2D eigenvalue weighted by Crippen LogP contribution is -2.05. The molecule has 0 atom stereocenters. The minimum atomic E-state index is -4.40. The van der Waals surface area contributed by atoms with Gasteiger partial charge >= 0.3 is 6.18 Å². The van der Waals surface area contributed by atoms with Crippen LogP contribution in [0.5, 0.6) is 0 Å². The molecule has 0 aliphatic carbocycles. The zero-order valence-corrected chi connectivity index (χ0v) is 12.2. The molecule has 2 aromatic heterocycles. The number of hydrogen-bond acceptors (Lipinski definition) is 5. The summed E-state index contributed by atoms with van der Waals surface area (Å²) in [4.78, 5) is 18.3. The molecule has 7 nitrogen and oxygen atoms in total. The van der Waals surface area contributed by atoms with Gasteiger partial charge < -0.3 is 5.32 Å². The van der Waals surface area contributed by atoms with Gasteiger partial charge in [-0.1, -0.05) is 0 Å². The van der Waals surface area contributed by atoms with Crippen molar-refractivity contribution in [2.45, 2.75) is 6.18 Å². The number of halogens is 3. The maximum absolute atomic E-state index is 12.6. The molecule has 0 aliphatic rings. The second-order valence-electron chi connectivity index (χ2n) is 4.99. The van der Waals surface area contributed by atoms with Gasteiger partial charge in [-0.25, -0.2) is 9.97 Å². The summed E-state index contributed by atoms with van der Waals surface area (Å²) in [6.45, 7) is 0. The van der Waals surface area contributed by atoms with E-state index in [1.807, 2.05) is 0 Å². The summed E-state index contributed by atoms with van der Waals surface area (Å²) in [5.74, 6) is 0.303. The van der Waals surface area contributed by atoms with E-state index in [1.165, 1.54) is 18.2 Å². The molecule has 0 amide bonds. The van der Waals surface area contributed by atoms with Crippen LogP contribution in [0.2, 0.25) is 0 Å². The Labute approximate surface area is 132 Å². The van der Waals surface area contributed by atoms with Crippen molar-refractivity contribution in [1.29, 1.82) is 0 Å². The third-order valence-electron chi connectivity index (χ3n) is 3.37. The average Bonchev–Trinajstić information content (AvgIpc) is 2.82. The van der Waals surface area contributed by atoms with Crippen molar-refractivity contribution in [3.05, 3.63) is 52.2 Å². The first kappa shape index (κ1) is 15.7. The molecule has 2 heterocycles. The molecule has 1 N–H and O–H groups in total. The number of anilines is 2. The molecule has 10 heteroatoms. The van der Waals surface area contributed by atoms with Crippen LogP contribution in [0.1, 0.15) is 5.56 Å². The number of nitro groups is 1. The smallest absolute Gasteiger partial charge is 0.326 e. The Hall–Kier alpha value is -3.17. The molecule has 0 fully saturated rings. The lowest BCUT2D eigenvalue weighted by atomic mass is 10.2. The second-order valence-corrected chi connectivity index (χ2v) is 4.99. The van der Waals surface area contributed by atoms with Gasteiger partial charge in [-0.2, -0.15) is 13.2 Å². The number of hydrogen-bond donors (Lipinski definition) is 1. The number of rotatable bonds is 3. The molecule has 0 spiro atoms. The molecular weight excluding hydrogens is 327 g/mol. The van der Waals surface area contributed by atoms with Crippen molar-refractivity contribution < 1.29 is 18.1 Å². The third-order valence-corrected chi connectivity index (χ3v) is 3.37. The summed E-state index contributed by atoms with van der Waals surface area (Å²) in [5.41, 5.74) is 0.170. The Kier molecular flexibility index (Phi) is 3.59. The summed E-state index contributed by atoms with van der Waals surface area (Å²) in [7, 11) is 1.64. The van der Waals surface area contributed by atoms with Crippen LogP contribution in [-0.2, 0) is 13.2 Å². The Balaban J connectivity index is 1.92. The molecule has 124 valence electrons. The zero-order chi connectivity index (χ0) is 17.5. The lowest BCUT2D eigenvalue weighted by molar-refractivity contribution is -0.385. The fraction of sp³-hybridized carbons (Fsp3) is 0.143. The van der Waals surface area contributed by atoms with Gasteiger partial charge in [0.15, 0.2) is 5.65 Å². The van der Waals surface area contributed by atoms with Crippen LogP contribution < -0.4 is 5.32 Å². The van der Waals surface area contributed by atoms with Gasteiger partial charge in [0.2, 0.25) is 5.95 Å². The Bertz CT molecular complexity index is 919. The highest BCUT2D eigenvalue weighted by Crippen LogP contribution is 2.30. The minimum absolute atomic E-state index is 0.193. The summed E-state index contributed by atoms with van der Waals surface area (Å²) in [6, 6.07) is 5.73. The standard InChI is InChI=1S/C14H10F3N5O2/c1-21-12-11(6-10(7-18-12)22(23)24)20-13(21)19-9-4-2-8(3-5-9)14(15,16)17/h2-7H,1H3,(H,19,20). The van der Waals surface area contributed by atoms with Gasteiger partial charge in [0.25, 0.3) is 5.69 Å². The Morgan fingerprint density at radius 2 is 1.92 bits per heavy atom. The fourth-order valence-electron chi connectivity index (χ4n) is 2.15. The van der Waals surface area contributed by atoms with Gasteiger partial charge in [-0.05, 0) is 24.3 Å². The van der Waals surface area contributed by atoms with Crippen LogP contribution >= 0.6 is 0 Å². The molecule has 0 radical (unpaired) electrons. The molecule has 0 saturated heterocycles. The summed E-state index contributed by atoms with van der Waals surface area (Å²) >= 11 is 0. The molecule has 3 rings (SSSR count). The second kappa shape index (κ2) is 5.48. The van der Waals surface area contributed by atoms with Crippen LogP contribution in [0.15, 0.2) is 36.5 Å². The van der Waals surface area contributed by atoms with Crippen molar-refractivity contribution >= 4 is 28.5 Å². The van der Waals surface area contributed by atoms with Crippen molar-refractivity contribution in [2.24, 2.45) is 7.05 Å². The maximum Gasteiger partial charge on any atom is 0.416 e. The summed E-state index contributed by atoms with van der Waals surface area (Å²) < 4.78 is 39.2. The van der Waals surface area contributed by atoms with Crippen LogP contribution in [0, 0.1) is 10.1 Å². The number of fused-ring (bicyclic) bond motifs is 1. The average molecular weight is 337 g/mol. The van der Waals surface area contributed by atoms with E-state index in [4.69, 9.17) is 0 Å². The quantitative estimate of drug-likeness (QED) is 0.582. The number of nitrogens with zero attached hydrogens (tertiary/aromatic N) is 4. The number of alkyl halides is 3. The van der Waals surface area contributed by atoms with Crippen molar-refractivity contribution in [3.63, 3.8) is 0 Å². The van der Waals surface area contributed by atoms with E-state index in [1.54, 1.807) is 11.6 Å². The summed E-state index contributed by atoms with van der Waals surface area (Å²) in [5, 5.41) is 13.6. The largest absolute Gasteiger partial charge is 0.416 e. The SMILES string of the molecule is Cn1c(Nc2ccc(C(F)(F)F)cc2)nc2cc([N+](=O)[O-])cnc21. The number of nitrogens with one attached hydrogen (secondary N) is 1. The molecule has 0 aliphatic heterocycles. The van der Waals surface area contributed by atoms with E-state index in [9.17, 15) is 23.3 Å². The highest BCUT2D eigenvalue weighted by Gasteiger charge is 2.30. The highest BCUT2D eigenvalue weighted by atomic mass is 19.4. The van der Waals surface area contributed by atoms with Crippen molar-refractivity contribution in [3.8, 4) is 0 Å². The number of imidazole rings is 1. The topological polar surface area (TPSA) is 85.9 Å². The summed E-state index contributed by atoms with van der Waals surface area (Å²) in [6.07, 6.45) is -3.29. The van der Waals surface area contributed by atoms with E-state index < -0.39 is 16.7 Å². The van der Waals surface area contributed by atoms with E-state index in [-0.39, 0.29) is 5.69 Å². The lowest BCUT2D eigenvalue weighted by Gasteiger charge is -2.09. The third kappa shape index (κ3) is 2.85. The van der Waals surface area contributed by atoms with E-state index in [0.717, 1.165) is 18.3 Å². The van der Waals surface area contributed by atoms with Crippen molar-refractivity contribution in [1.82, 2.24) is 14.5 Å². The Morgan fingerprint density at radius 1 is 1.25 bits per heavy atom. The van der Waals surface area contributed by atoms with Crippen LogP contribution in [-0.4, -0.2) is 19.5 Å². The zero-order valence-electron chi connectivity index (χ0n) is 12.2. The van der Waals surface area contributed by atoms with Gasteiger partial charge in [0.1, 0.15) is 11.7 Å². The van der Waals surface area contributed by atoms with Gasteiger partial charge in [0, 0.05) is 18.8 Å². The number of aryl methyl sites for hydroxylation is 1. The predicted molar refractivity (Wildman–Crippen MR) is 79.9 cm³/mol. The number of pyridine rings is 1. The normalized spacial score (nSPS) is 11.7. The molecule has 0 unspecified atom stereocenters. The van der Waals surface area contributed by atoms with E-state index in [2.05, 4.69) is 15.3 Å². The number of benzene rings is 1. The highest BCUT2D eigenvalue weighted by molar-refractivity contribution is 5.77. The van der Waals surface area contributed by atoms with Gasteiger partial charge in [-0.3, -0.25) is 14.7 Å². The van der Waals surface area contributed by atoms with Gasteiger partial charge in [0.05, 0.1) is 10.5 Å². The maximum atomic E-state index is 12.6. The molecule has 3 aromatic rings. The first-order chi connectivity index (χ1) is 11.3. The fourth-order valence-corrected chi connectivity index (χ4v) is 2.15. The van der Waals surface area contributed by atoms with Gasteiger partial charge in [-0.15, -0.1) is 0 Å². The Morgan fingerprint density at radius 3 is 2.50 bits per heavy atom. The molecule has 0 bridgehead atoms. The molecule has 0 saturated carbocycles. The van der Waals surface area contributed by atoms with Crippen molar-refractivity contribution in [2.75, 3.05) is 5.32 Å². The van der Waals surface area contributed by atoms with E-state index >= 15 is 0 Å². The monoisotopic (exact) mass is 337 g/mol. The van der Waals surface area contributed by atoms with E-state index in [0.29, 0.717) is 22.8 Å². The molecular formula is C14H10F3N5O2. The first-order valence-electron chi connectivity index (χ1n) is 6.67. The van der Waals surface area contributed by atoms with Crippen LogP contribution in [0.25, 0.3) is 11.2 Å². The first-order valence-corrected chi connectivity index (χ1v) is 6.67. The molecule has 24 heavy (non-hydrogen) atoms.